The molecule has 2 aromatic rings. The van der Waals surface area contributed by atoms with Gasteiger partial charge in [-0.3, -0.25) is 9.69 Å². The smallest absolute Gasteiger partial charge is 0.289 e. The van der Waals surface area contributed by atoms with Gasteiger partial charge in [0.2, 0.25) is 0 Å². The molecule has 25 heavy (non-hydrogen) atoms. The van der Waals surface area contributed by atoms with Crippen LogP contribution in [0.25, 0.3) is 0 Å². The minimum Gasteiger partial charge on any atom is -0.459 e. The van der Waals surface area contributed by atoms with Gasteiger partial charge in [-0.1, -0.05) is 29.8 Å². The van der Waals surface area contributed by atoms with Crippen molar-refractivity contribution in [3.05, 3.63) is 59.5 Å². The van der Waals surface area contributed by atoms with E-state index in [1.54, 1.807) is 18.4 Å². The van der Waals surface area contributed by atoms with E-state index in [1.165, 1.54) is 37.1 Å². The maximum absolute atomic E-state index is 13.1. The second kappa shape index (κ2) is 5.73. The quantitative estimate of drug-likeness (QED) is 0.844. The second-order valence-corrected chi connectivity index (χ2v) is 7.81. The third kappa shape index (κ3) is 2.35. The number of carbonyl (C=O) groups excluding carboxylic acids is 1. The molecule has 6 rings (SSSR count). The predicted octanol–water partition coefficient (Wildman–Crippen LogP) is 3.29. The standard InChI is InChI=1S/C21H24N2O2/c1-14-4-6-15(7-5-14)17-13-23(21(24)18-3-2-12-25-18)19-16-8-10-22(11-9-16)20(17)19/h2-7,12,16-17,19-20H,8-11,13H2,1H3/t17-,19-,20-/m1/s1. The molecule has 3 atom stereocenters. The molecule has 4 fully saturated rings. The van der Waals surface area contributed by atoms with E-state index in [0.29, 0.717) is 29.7 Å². The molecule has 1 amide bonds. The van der Waals surface area contributed by atoms with E-state index in [2.05, 4.69) is 41.0 Å². The van der Waals surface area contributed by atoms with E-state index in [0.717, 1.165) is 6.54 Å². The first-order valence-corrected chi connectivity index (χ1v) is 9.37. The Bertz CT molecular complexity index is 760. The number of hydrogen-bond donors (Lipinski definition) is 0. The highest BCUT2D eigenvalue weighted by atomic mass is 16.3. The number of aryl methyl sites for hydroxylation is 1. The molecule has 4 heteroatoms. The molecule has 4 saturated heterocycles. The molecule has 1 aromatic heterocycles. The average molecular weight is 336 g/mol. The number of carbonyl (C=O) groups is 1. The van der Waals surface area contributed by atoms with E-state index in [9.17, 15) is 4.79 Å². The summed E-state index contributed by atoms with van der Waals surface area (Å²) < 4.78 is 5.42. The zero-order valence-corrected chi connectivity index (χ0v) is 14.6. The lowest BCUT2D eigenvalue weighted by Gasteiger charge is -2.51. The molecule has 130 valence electrons. The lowest BCUT2D eigenvalue weighted by molar-refractivity contribution is -0.00428. The Balaban J connectivity index is 1.53. The van der Waals surface area contributed by atoms with E-state index >= 15 is 0 Å². The predicted molar refractivity (Wildman–Crippen MR) is 95.5 cm³/mol. The van der Waals surface area contributed by atoms with Crippen LogP contribution in [0.3, 0.4) is 0 Å². The molecule has 0 N–H and O–H groups in total. The first-order valence-electron chi connectivity index (χ1n) is 9.37. The maximum Gasteiger partial charge on any atom is 0.289 e. The van der Waals surface area contributed by atoms with Crippen molar-refractivity contribution in [1.29, 1.82) is 0 Å². The molecule has 5 heterocycles. The maximum atomic E-state index is 13.1. The molecule has 0 saturated carbocycles. The van der Waals surface area contributed by atoms with Gasteiger partial charge in [0.05, 0.1) is 12.3 Å². The fourth-order valence-electron chi connectivity index (χ4n) is 5.30. The van der Waals surface area contributed by atoms with E-state index in [1.807, 2.05) is 0 Å². The molecule has 0 radical (unpaired) electrons. The van der Waals surface area contributed by atoms with Crippen LogP contribution in [0.15, 0.2) is 47.1 Å². The Labute approximate surface area is 148 Å². The molecular weight excluding hydrogens is 312 g/mol. The number of rotatable bonds is 2. The third-order valence-corrected chi connectivity index (χ3v) is 6.49. The van der Waals surface area contributed by atoms with Crippen molar-refractivity contribution in [2.24, 2.45) is 5.92 Å². The Morgan fingerprint density at radius 1 is 1.08 bits per heavy atom. The van der Waals surface area contributed by atoms with Crippen molar-refractivity contribution in [3.8, 4) is 0 Å². The van der Waals surface area contributed by atoms with Crippen molar-refractivity contribution in [1.82, 2.24) is 9.80 Å². The SMILES string of the molecule is Cc1ccc([C@H]2CN(C(=O)c3ccco3)[C@@H]3C4CCN(CC4)[C@H]23)cc1. The zero-order chi connectivity index (χ0) is 17.0. The molecular formula is C21H24N2O2. The highest BCUT2D eigenvalue weighted by Crippen LogP contribution is 2.46. The summed E-state index contributed by atoms with van der Waals surface area (Å²) in [5.41, 5.74) is 2.65. The Hall–Kier alpha value is -2.07. The van der Waals surface area contributed by atoms with Crippen molar-refractivity contribution in [2.45, 2.75) is 37.8 Å². The number of furan rings is 1. The van der Waals surface area contributed by atoms with E-state index in [-0.39, 0.29) is 5.91 Å². The van der Waals surface area contributed by atoms with Crippen LogP contribution in [0.2, 0.25) is 0 Å². The van der Waals surface area contributed by atoms with Crippen LogP contribution in [-0.4, -0.2) is 47.4 Å². The summed E-state index contributed by atoms with van der Waals surface area (Å²) in [6, 6.07) is 13.3. The average Bonchev–Trinajstić information content (AvgIpc) is 3.32. The zero-order valence-electron chi connectivity index (χ0n) is 14.6. The number of hydrogen-bond acceptors (Lipinski definition) is 3. The highest BCUT2D eigenvalue weighted by molar-refractivity contribution is 5.92. The van der Waals surface area contributed by atoms with Gasteiger partial charge in [-0.15, -0.1) is 0 Å². The Morgan fingerprint density at radius 3 is 2.52 bits per heavy atom. The van der Waals surface area contributed by atoms with Crippen LogP contribution in [0.4, 0.5) is 0 Å². The van der Waals surface area contributed by atoms with Crippen molar-refractivity contribution in [2.75, 3.05) is 19.6 Å². The summed E-state index contributed by atoms with van der Waals surface area (Å²) in [7, 11) is 0. The largest absolute Gasteiger partial charge is 0.459 e. The van der Waals surface area contributed by atoms with Gasteiger partial charge in [-0.2, -0.15) is 0 Å². The van der Waals surface area contributed by atoms with Gasteiger partial charge in [-0.25, -0.2) is 0 Å². The summed E-state index contributed by atoms with van der Waals surface area (Å²) in [4.78, 5) is 17.8. The third-order valence-electron chi connectivity index (χ3n) is 6.49. The highest BCUT2D eigenvalue weighted by Gasteiger charge is 2.54. The molecule has 0 aliphatic carbocycles. The number of nitrogens with zero attached hydrogens (tertiary/aromatic N) is 2. The van der Waals surface area contributed by atoms with Crippen LogP contribution in [-0.2, 0) is 0 Å². The van der Waals surface area contributed by atoms with Gasteiger partial charge in [-0.05, 0) is 56.5 Å². The number of likely N-dealkylation sites (tertiary alicyclic amines) is 1. The molecule has 0 spiro atoms. The molecule has 2 bridgehead atoms. The molecule has 4 aliphatic heterocycles. The summed E-state index contributed by atoms with van der Waals surface area (Å²) in [5.74, 6) is 1.56. The van der Waals surface area contributed by atoms with Crippen LogP contribution in [0, 0.1) is 12.8 Å². The van der Waals surface area contributed by atoms with Gasteiger partial charge >= 0.3 is 0 Å². The van der Waals surface area contributed by atoms with Crippen molar-refractivity contribution >= 4 is 5.91 Å². The summed E-state index contributed by atoms with van der Waals surface area (Å²) in [6.07, 6.45) is 4.02. The first-order chi connectivity index (χ1) is 12.2. The summed E-state index contributed by atoms with van der Waals surface area (Å²) >= 11 is 0. The Morgan fingerprint density at radius 2 is 1.84 bits per heavy atom. The van der Waals surface area contributed by atoms with Gasteiger partial charge in [0.1, 0.15) is 0 Å². The van der Waals surface area contributed by atoms with Gasteiger partial charge in [0.25, 0.3) is 5.91 Å². The molecule has 1 aromatic carbocycles. The van der Waals surface area contributed by atoms with Gasteiger partial charge in [0, 0.05) is 18.5 Å². The minimum absolute atomic E-state index is 0.0587. The number of benzene rings is 1. The molecule has 0 unspecified atom stereocenters. The summed E-state index contributed by atoms with van der Waals surface area (Å²) in [5, 5.41) is 0. The normalized spacial score (nSPS) is 33.5. The monoisotopic (exact) mass is 336 g/mol. The van der Waals surface area contributed by atoms with Crippen LogP contribution in [0.5, 0.6) is 0 Å². The molecule has 4 aliphatic rings. The Kier molecular flexibility index (Phi) is 3.49. The summed E-state index contributed by atoms with van der Waals surface area (Å²) in [6.45, 7) is 5.28. The topological polar surface area (TPSA) is 36.7 Å². The minimum atomic E-state index is 0.0587. The number of fused-ring (bicyclic) bond motifs is 2. The number of piperidine rings is 3. The van der Waals surface area contributed by atoms with E-state index in [4.69, 9.17) is 4.42 Å². The fraction of sp³-hybridized carbons (Fsp3) is 0.476. The number of amides is 1. The van der Waals surface area contributed by atoms with Crippen LogP contribution >= 0.6 is 0 Å². The van der Waals surface area contributed by atoms with Crippen LogP contribution in [0.1, 0.15) is 40.4 Å². The van der Waals surface area contributed by atoms with E-state index < -0.39 is 0 Å². The lowest BCUT2D eigenvalue weighted by atomic mass is 9.75. The first kappa shape index (κ1) is 15.2. The second-order valence-electron chi connectivity index (χ2n) is 7.81. The lowest BCUT2D eigenvalue weighted by Crippen LogP contribution is -2.60. The fourth-order valence-corrected chi connectivity index (χ4v) is 5.30. The van der Waals surface area contributed by atoms with Gasteiger partial charge < -0.3 is 9.32 Å². The van der Waals surface area contributed by atoms with Crippen LogP contribution < -0.4 is 0 Å². The van der Waals surface area contributed by atoms with Crippen molar-refractivity contribution < 1.29 is 9.21 Å². The van der Waals surface area contributed by atoms with Gasteiger partial charge in [0.15, 0.2) is 5.76 Å². The molecule has 4 nitrogen and oxygen atoms in total. The van der Waals surface area contributed by atoms with Crippen molar-refractivity contribution in [3.63, 3.8) is 0 Å².